The molecule has 5 rings (SSSR count). The van der Waals surface area contributed by atoms with E-state index in [1.807, 2.05) is 66.7 Å². The van der Waals surface area contributed by atoms with Gasteiger partial charge in [-0.25, -0.2) is 9.59 Å². The van der Waals surface area contributed by atoms with Crippen molar-refractivity contribution in [1.29, 1.82) is 0 Å². The Morgan fingerprint density at radius 2 is 1.36 bits per heavy atom. The number of benzene rings is 3. The molecule has 2 heterocycles. The van der Waals surface area contributed by atoms with E-state index in [-0.39, 0.29) is 18.5 Å². The zero-order valence-electron chi connectivity index (χ0n) is 19.8. The molecule has 36 heavy (non-hydrogen) atoms. The van der Waals surface area contributed by atoms with Crippen LogP contribution in [0.3, 0.4) is 0 Å². The maximum atomic E-state index is 14.1. The van der Waals surface area contributed by atoms with Crippen LogP contribution in [0.25, 0.3) is 0 Å². The summed E-state index contributed by atoms with van der Waals surface area (Å²) in [5.41, 5.74) is 1.60. The molecule has 2 saturated heterocycles. The Kier molecular flexibility index (Phi) is 6.71. The Bertz CT molecular complexity index is 1180. The molecular formula is C29H28N2O5. The number of ether oxygens (including phenoxy) is 1. The number of amides is 2. The van der Waals surface area contributed by atoms with Crippen molar-refractivity contribution in [2.75, 3.05) is 6.54 Å². The van der Waals surface area contributed by atoms with Gasteiger partial charge in [-0.3, -0.25) is 9.69 Å². The largest absolute Gasteiger partial charge is 0.480 e. The zero-order chi connectivity index (χ0) is 25.1. The van der Waals surface area contributed by atoms with E-state index in [0.29, 0.717) is 18.6 Å². The number of fused-ring (bicyclic) bond motifs is 2. The highest BCUT2D eigenvalue weighted by atomic mass is 16.6. The highest BCUT2D eigenvalue weighted by Gasteiger charge is 2.52. The second kappa shape index (κ2) is 10.2. The van der Waals surface area contributed by atoms with Gasteiger partial charge in [0, 0.05) is 6.54 Å². The van der Waals surface area contributed by atoms with Gasteiger partial charge in [-0.15, -0.1) is 0 Å². The van der Waals surface area contributed by atoms with Gasteiger partial charge < -0.3 is 14.7 Å². The van der Waals surface area contributed by atoms with Crippen LogP contribution in [0.2, 0.25) is 0 Å². The number of likely N-dealkylation sites (tertiary alicyclic amines) is 1. The Balaban J connectivity index is 1.48. The highest BCUT2D eigenvalue weighted by molar-refractivity contribution is 5.92. The molecule has 3 aromatic rings. The molecule has 0 aromatic heterocycles. The van der Waals surface area contributed by atoms with Gasteiger partial charge in [0.15, 0.2) is 0 Å². The quantitative estimate of drug-likeness (QED) is 0.575. The van der Waals surface area contributed by atoms with Gasteiger partial charge in [-0.2, -0.15) is 0 Å². The second-order valence-corrected chi connectivity index (χ2v) is 9.27. The molecule has 2 amide bonds. The van der Waals surface area contributed by atoms with E-state index in [1.54, 1.807) is 29.2 Å². The van der Waals surface area contributed by atoms with Crippen molar-refractivity contribution < 1.29 is 24.2 Å². The molecular weight excluding hydrogens is 456 g/mol. The maximum absolute atomic E-state index is 14.1. The fourth-order valence-corrected chi connectivity index (χ4v) is 5.54. The topological polar surface area (TPSA) is 87.2 Å². The molecule has 7 heteroatoms. The molecule has 184 valence electrons. The lowest BCUT2D eigenvalue weighted by Crippen LogP contribution is -2.70. The third-order valence-corrected chi connectivity index (χ3v) is 7.10. The Morgan fingerprint density at radius 1 is 0.806 bits per heavy atom. The van der Waals surface area contributed by atoms with Gasteiger partial charge in [-0.1, -0.05) is 78.9 Å². The zero-order valence-corrected chi connectivity index (χ0v) is 19.8. The number of carboxylic acid groups (broad SMARTS) is 1. The summed E-state index contributed by atoms with van der Waals surface area (Å²) >= 11 is 0. The first-order valence-corrected chi connectivity index (χ1v) is 12.2. The Morgan fingerprint density at radius 3 is 1.92 bits per heavy atom. The fourth-order valence-electron chi connectivity index (χ4n) is 5.54. The van der Waals surface area contributed by atoms with E-state index in [2.05, 4.69) is 0 Å². The van der Waals surface area contributed by atoms with Crippen LogP contribution in [-0.2, 0) is 9.59 Å². The molecule has 2 aliphatic heterocycles. The predicted molar refractivity (Wildman–Crippen MR) is 134 cm³/mol. The molecule has 2 aliphatic rings. The van der Waals surface area contributed by atoms with Crippen LogP contribution < -0.4 is 4.74 Å². The number of piperazine rings is 1. The average Bonchev–Trinajstić information content (AvgIpc) is 2.89. The van der Waals surface area contributed by atoms with Crippen molar-refractivity contribution in [2.45, 2.75) is 43.3 Å². The van der Waals surface area contributed by atoms with E-state index in [4.69, 9.17) is 4.74 Å². The molecule has 0 spiro atoms. The lowest BCUT2D eigenvalue weighted by atomic mass is 9.83. The van der Waals surface area contributed by atoms with E-state index in [9.17, 15) is 19.5 Å². The van der Waals surface area contributed by atoms with Crippen LogP contribution in [0.1, 0.15) is 36.3 Å². The molecule has 2 bridgehead atoms. The van der Waals surface area contributed by atoms with Gasteiger partial charge in [-0.05, 0) is 42.5 Å². The molecule has 3 aromatic carbocycles. The van der Waals surface area contributed by atoms with Crippen molar-refractivity contribution in [3.05, 3.63) is 102 Å². The Labute approximate surface area is 209 Å². The van der Waals surface area contributed by atoms with Crippen molar-refractivity contribution in [3.8, 4) is 5.75 Å². The van der Waals surface area contributed by atoms with E-state index in [0.717, 1.165) is 17.5 Å². The van der Waals surface area contributed by atoms with Gasteiger partial charge in [0.05, 0.1) is 18.0 Å². The van der Waals surface area contributed by atoms with E-state index >= 15 is 0 Å². The molecule has 2 fully saturated rings. The number of carbonyl (C=O) groups excluding carboxylic acids is 2. The first kappa shape index (κ1) is 23.6. The lowest BCUT2D eigenvalue weighted by Gasteiger charge is -2.52. The standard InChI is InChI=1S/C29H28N2O5/c32-27(25(20-11-4-1-5-12-20)21-13-6-2-7-14-21)30-19-22-15-10-18-24(26(30)28(33)34)31(22)29(35)36-23-16-8-3-9-17-23/h1-9,11-14,16-17,22,24-26H,10,15,18-19H2,(H,33,34)/t22-,24+,26-/m0/s1. The summed E-state index contributed by atoms with van der Waals surface area (Å²) < 4.78 is 5.59. The molecule has 3 atom stereocenters. The van der Waals surface area contributed by atoms with Crippen molar-refractivity contribution in [2.24, 2.45) is 0 Å². The molecule has 0 unspecified atom stereocenters. The van der Waals surface area contributed by atoms with Gasteiger partial charge in [0.25, 0.3) is 0 Å². The number of aliphatic carboxylic acids is 1. The summed E-state index contributed by atoms with van der Waals surface area (Å²) in [4.78, 5) is 43.0. The summed E-state index contributed by atoms with van der Waals surface area (Å²) in [6.07, 6.45) is 1.38. The summed E-state index contributed by atoms with van der Waals surface area (Å²) in [7, 11) is 0. The third-order valence-electron chi connectivity index (χ3n) is 7.10. The van der Waals surface area contributed by atoms with Gasteiger partial charge in [0.2, 0.25) is 5.91 Å². The number of hydrogen-bond donors (Lipinski definition) is 1. The minimum absolute atomic E-state index is 0.145. The van der Waals surface area contributed by atoms with Crippen LogP contribution in [0, 0.1) is 0 Å². The van der Waals surface area contributed by atoms with Crippen molar-refractivity contribution >= 4 is 18.0 Å². The third kappa shape index (κ3) is 4.56. The van der Waals surface area contributed by atoms with Crippen LogP contribution >= 0.6 is 0 Å². The summed E-state index contributed by atoms with van der Waals surface area (Å²) in [6.45, 7) is 0.145. The van der Waals surface area contributed by atoms with E-state index < -0.39 is 30.1 Å². The number of carboxylic acids is 1. The van der Waals surface area contributed by atoms with E-state index in [1.165, 1.54) is 4.90 Å². The number of rotatable bonds is 5. The molecule has 0 saturated carbocycles. The van der Waals surface area contributed by atoms with Crippen LogP contribution in [0.4, 0.5) is 4.79 Å². The smallest absolute Gasteiger partial charge is 0.415 e. The summed E-state index contributed by atoms with van der Waals surface area (Å²) in [5, 5.41) is 10.3. The van der Waals surface area contributed by atoms with Crippen LogP contribution in [-0.4, -0.2) is 57.5 Å². The summed E-state index contributed by atoms with van der Waals surface area (Å²) in [5.74, 6) is -1.63. The van der Waals surface area contributed by atoms with Crippen LogP contribution in [0.15, 0.2) is 91.0 Å². The van der Waals surface area contributed by atoms with Crippen molar-refractivity contribution in [3.63, 3.8) is 0 Å². The van der Waals surface area contributed by atoms with Gasteiger partial charge in [0.1, 0.15) is 11.8 Å². The maximum Gasteiger partial charge on any atom is 0.415 e. The monoisotopic (exact) mass is 484 g/mol. The normalized spacial score (nSPS) is 21.2. The Hall–Kier alpha value is -4.13. The SMILES string of the molecule is O=C(O)[C@@H]1[C@H]2CCC[C@@H](CN1C(=O)C(c1ccccc1)c1ccccc1)N2C(=O)Oc1ccccc1. The summed E-state index contributed by atoms with van der Waals surface area (Å²) in [6, 6.07) is 25.4. The predicted octanol–water partition coefficient (Wildman–Crippen LogP) is 4.54. The number of nitrogens with zero attached hydrogens (tertiary/aromatic N) is 2. The number of carbonyl (C=O) groups is 3. The average molecular weight is 485 g/mol. The number of para-hydroxylation sites is 1. The second-order valence-electron chi connectivity index (χ2n) is 9.27. The number of hydrogen-bond acceptors (Lipinski definition) is 4. The lowest BCUT2D eigenvalue weighted by molar-refractivity contribution is -0.161. The van der Waals surface area contributed by atoms with Crippen molar-refractivity contribution in [1.82, 2.24) is 9.80 Å². The molecule has 0 radical (unpaired) electrons. The molecule has 7 nitrogen and oxygen atoms in total. The van der Waals surface area contributed by atoms with Crippen LogP contribution in [0.5, 0.6) is 5.75 Å². The molecule has 0 aliphatic carbocycles. The minimum Gasteiger partial charge on any atom is -0.480 e. The van der Waals surface area contributed by atoms with Gasteiger partial charge >= 0.3 is 12.1 Å². The minimum atomic E-state index is -1.16. The highest BCUT2D eigenvalue weighted by Crippen LogP contribution is 2.37. The first-order valence-electron chi connectivity index (χ1n) is 12.2. The fraction of sp³-hybridized carbons (Fsp3) is 0.276. The molecule has 1 N–H and O–H groups in total. The number of piperidine rings is 1. The first-order chi connectivity index (χ1) is 17.5.